The van der Waals surface area contributed by atoms with Crippen molar-refractivity contribution in [2.24, 2.45) is 0 Å². The number of hydrogen-bond acceptors (Lipinski definition) is 2. The quantitative estimate of drug-likeness (QED) is 0.904. The molecule has 0 bridgehead atoms. The van der Waals surface area contributed by atoms with Crippen LogP contribution in [0.15, 0.2) is 18.2 Å². The minimum absolute atomic E-state index is 0.0930. The molecule has 1 saturated heterocycles. The Morgan fingerprint density at radius 3 is 2.80 bits per heavy atom. The van der Waals surface area contributed by atoms with E-state index in [-0.39, 0.29) is 11.9 Å². The zero-order valence-corrected chi connectivity index (χ0v) is 13.1. The molecule has 0 saturated carbocycles. The van der Waals surface area contributed by atoms with Crippen LogP contribution in [-0.4, -0.2) is 30.1 Å². The van der Waals surface area contributed by atoms with Crippen molar-refractivity contribution in [2.45, 2.75) is 58.7 Å². The topological polar surface area (TPSA) is 15.3 Å². The molecule has 1 N–H and O–H groups in total. The molecular weight excluding hydrogens is 251 g/mol. The average Bonchev–Trinajstić information content (AvgIpc) is 2.42. The maximum absolute atomic E-state index is 13.7. The van der Waals surface area contributed by atoms with E-state index >= 15 is 0 Å². The Kier molecular flexibility index (Phi) is 5.17. The van der Waals surface area contributed by atoms with Crippen molar-refractivity contribution < 1.29 is 4.39 Å². The van der Waals surface area contributed by atoms with E-state index < -0.39 is 0 Å². The molecule has 3 atom stereocenters. The van der Waals surface area contributed by atoms with E-state index in [4.69, 9.17) is 0 Å². The Morgan fingerprint density at radius 1 is 1.45 bits per heavy atom. The molecular formula is C17H27FN2. The minimum Gasteiger partial charge on any atom is -0.314 e. The monoisotopic (exact) mass is 278 g/mol. The normalized spacial score (nSPS) is 25.6. The van der Waals surface area contributed by atoms with Crippen molar-refractivity contribution in [3.63, 3.8) is 0 Å². The van der Waals surface area contributed by atoms with Gasteiger partial charge in [-0.1, -0.05) is 19.1 Å². The third kappa shape index (κ3) is 3.39. The number of likely N-dealkylation sites (tertiary alicyclic amines) is 1. The van der Waals surface area contributed by atoms with Crippen LogP contribution in [0.25, 0.3) is 0 Å². The highest BCUT2D eigenvalue weighted by Gasteiger charge is 2.28. The first kappa shape index (κ1) is 15.5. The molecule has 0 spiro atoms. The van der Waals surface area contributed by atoms with E-state index in [1.165, 1.54) is 12.8 Å². The highest BCUT2D eigenvalue weighted by Crippen LogP contribution is 2.29. The maximum atomic E-state index is 13.7. The lowest BCUT2D eigenvalue weighted by Gasteiger charge is -2.41. The fourth-order valence-electron chi connectivity index (χ4n) is 3.30. The molecule has 0 radical (unpaired) electrons. The second-order valence-electron chi connectivity index (χ2n) is 6.05. The Hall–Kier alpha value is -0.930. The molecule has 1 aliphatic heterocycles. The molecule has 1 heterocycles. The van der Waals surface area contributed by atoms with Crippen LogP contribution >= 0.6 is 0 Å². The summed E-state index contributed by atoms with van der Waals surface area (Å²) in [5, 5.41) is 3.54. The van der Waals surface area contributed by atoms with Gasteiger partial charge in [0.15, 0.2) is 0 Å². The maximum Gasteiger partial charge on any atom is 0.126 e. The molecule has 1 fully saturated rings. The molecule has 2 nitrogen and oxygen atoms in total. The summed E-state index contributed by atoms with van der Waals surface area (Å²) >= 11 is 0. The van der Waals surface area contributed by atoms with Crippen LogP contribution in [0.5, 0.6) is 0 Å². The van der Waals surface area contributed by atoms with Gasteiger partial charge in [0, 0.05) is 24.7 Å². The first-order valence-corrected chi connectivity index (χ1v) is 7.78. The lowest BCUT2D eigenvalue weighted by atomic mass is 9.94. The highest BCUT2D eigenvalue weighted by molar-refractivity contribution is 5.25. The molecule has 3 heteroatoms. The van der Waals surface area contributed by atoms with E-state index in [0.29, 0.717) is 12.1 Å². The van der Waals surface area contributed by atoms with Crippen molar-refractivity contribution in [2.75, 3.05) is 13.1 Å². The first-order valence-electron chi connectivity index (χ1n) is 7.78. The van der Waals surface area contributed by atoms with Crippen LogP contribution in [0.2, 0.25) is 0 Å². The van der Waals surface area contributed by atoms with E-state index in [2.05, 4.69) is 37.1 Å². The standard InChI is InChI=1S/C17H27FN2/c1-5-19-16-8-9-20(13(3)10-16)14(4)15-7-6-12(2)17(18)11-15/h6-7,11,13-14,16,19H,5,8-10H2,1-4H3. The van der Waals surface area contributed by atoms with Crippen molar-refractivity contribution in [1.29, 1.82) is 0 Å². The highest BCUT2D eigenvalue weighted by atomic mass is 19.1. The van der Waals surface area contributed by atoms with Gasteiger partial charge in [-0.3, -0.25) is 4.90 Å². The fourth-order valence-corrected chi connectivity index (χ4v) is 3.30. The zero-order chi connectivity index (χ0) is 14.7. The summed E-state index contributed by atoms with van der Waals surface area (Å²) in [4.78, 5) is 2.50. The Bertz CT molecular complexity index is 447. The van der Waals surface area contributed by atoms with Crippen molar-refractivity contribution >= 4 is 0 Å². The van der Waals surface area contributed by atoms with Crippen LogP contribution in [0.1, 0.15) is 50.8 Å². The van der Waals surface area contributed by atoms with Crippen LogP contribution in [0.3, 0.4) is 0 Å². The first-order chi connectivity index (χ1) is 9.52. The van der Waals surface area contributed by atoms with E-state index in [1.807, 2.05) is 13.0 Å². The Labute approximate surface area is 122 Å². The summed E-state index contributed by atoms with van der Waals surface area (Å²) in [5.41, 5.74) is 1.81. The average molecular weight is 278 g/mol. The van der Waals surface area contributed by atoms with Gasteiger partial charge in [-0.25, -0.2) is 4.39 Å². The largest absolute Gasteiger partial charge is 0.314 e. The zero-order valence-electron chi connectivity index (χ0n) is 13.1. The van der Waals surface area contributed by atoms with E-state index in [1.54, 1.807) is 6.07 Å². The van der Waals surface area contributed by atoms with Gasteiger partial charge in [-0.05, 0) is 57.4 Å². The molecule has 1 aromatic carbocycles. The van der Waals surface area contributed by atoms with Gasteiger partial charge >= 0.3 is 0 Å². The number of nitrogens with one attached hydrogen (secondary N) is 1. The molecule has 3 unspecified atom stereocenters. The number of hydrogen-bond donors (Lipinski definition) is 1. The number of aryl methyl sites for hydroxylation is 1. The SMILES string of the molecule is CCNC1CCN(C(C)c2ccc(C)c(F)c2)C(C)C1. The summed E-state index contributed by atoms with van der Waals surface area (Å²) in [7, 11) is 0. The van der Waals surface area contributed by atoms with Gasteiger partial charge in [-0.15, -0.1) is 0 Å². The number of nitrogens with zero attached hydrogens (tertiary/aromatic N) is 1. The second kappa shape index (κ2) is 6.68. The molecule has 2 rings (SSSR count). The van der Waals surface area contributed by atoms with Gasteiger partial charge in [0.2, 0.25) is 0 Å². The van der Waals surface area contributed by atoms with Gasteiger partial charge in [-0.2, -0.15) is 0 Å². The molecule has 0 aromatic heterocycles. The number of rotatable bonds is 4. The molecule has 112 valence electrons. The smallest absolute Gasteiger partial charge is 0.126 e. The predicted molar refractivity (Wildman–Crippen MR) is 82.4 cm³/mol. The minimum atomic E-state index is -0.0930. The summed E-state index contributed by atoms with van der Waals surface area (Å²) in [5.74, 6) is -0.0930. The van der Waals surface area contributed by atoms with Crippen LogP contribution in [0.4, 0.5) is 4.39 Å². The summed E-state index contributed by atoms with van der Waals surface area (Å²) in [6, 6.07) is 7.09. The molecule has 0 amide bonds. The molecule has 0 aliphatic carbocycles. The molecule has 20 heavy (non-hydrogen) atoms. The summed E-state index contributed by atoms with van der Waals surface area (Å²) in [6.45, 7) is 10.6. The van der Waals surface area contributed by atoms with Crippen molar-refractivity contribution in [3.8, 4) is 0 Å². The lowest BCUT2D eigenvalue weighted by molar-refractivity contribution is 0.0958. The van der Waals surface area contributed by atoms with E-state index in [9.17, 15) is 4.39 Å². The molecule has 1 aliphatic rings. The van der Waals surface area contributed by atoms with Crippen LogP contribution in [-0.2, 0) is 0 Å². The predicted octanol–water partition coefficient (Wildman–Crippen LogP) is 3.66. The number of piperidine rings is 1. The lowest BCUT2D eigenvalue weighted by Crippen LogP contribution is -2.48. The van der Waals surface area contributed by atoms with Gasteiger partial charge in [0.05, 0.1) is 0 Å². The number of benzene rings is 1. The van der Waals surface area contributed by atoms with E-state index in [0.717, 1.165) is 24.2 Å². The Balaban J connectivity index is 2.05. The third-order valence-electron chi connectivity index (χ3n) is 4.60. The van der Waals surface area contributed by atoms with Gasteiger partial charge in [0.1, 0.15) is 5.82 Å². The third-order valence-corrected chi connectivity index (χ3v) is 4.60. The van der Waals surface area contributed by atoms with Gasteiger partial charge in [0.25, 0.3) is 0 Å². The van der Waals surface area contributed by atoms with Crippen LogP contribution in [0, 0.1) is 12.7 Å². The van der Waals surface area contributed by atoms with Crippen molar-refractivity contribution in [1.82, 2.24) is 10.2 Å². The van der Waals surface area contributed by atoms with Gasteiger partial charge < -0.3 is 5.32 Å². The van der Waals surface area contributed by atoms with Crippen molar-refractivity contribution in [3.05, 3.63) is 35.1 Å². The molecule has 1 aromatic rings. The summed E-state index contributed by atoms with van der Waals surface area (Å²) in [6.07, 6.45) is 2.35. The summed E-state index contributed by atoms with van der Waals surface area (Å²) < 4.78 is 13.7. The second-order valence-corrected chi connectivity index (χ2v) is 6.05. The number of halogens is 1. The Morgan fingerprint density at radius 2 is 2.20 bits per heavy atom. The fraction of sp³-hybridized carbons (Fsp3) is 0.647. The van der Waals surface area contributed by atoms with Crippen LogP contribution < -0.4 is 5.32 Å².